The molecule has 0 aliphatic carbocycles. The Kier molecular flexibility index (Phi) is 5.89. The Balaban J connectivity index is 1.67. The van der Waals surface area contributed by atoms with Crippen molar-refractivity contribution in [2.75, 3.05) is 19.8 Å². The fourth-order valence-electron chi connectivity index (χ4n) is 3.11. The third-order valence-electron chi connectivity index (χ3n) is 4.61. The minimum atomic E-state index is -0.149. The number of carbonyl (C=O) groups excluding carboxylic acids is 1. The maximum Gasteiger partial charge on any atom is 0.258 e. The van der Waals surface area contributed by atoms with Crippen molar-refractivity contribution in [3.8, 4) is 17.2 Å². The summed E-state index contributed by atoms with van der Waals surface area (Å²) in [4.78, 5) is 12.5. The Morgan fingerprint density at radius 3 is 2.56 bits per heavy atom. The normalized spacial score (nSPS) is 14.0. The first-order valence-corrected chi connectivity index (χ1v) is 9.33. The molecule has 0 fully saturated rings. The molecule has 0 radical (unpaired) electrons. The lowest BCUT2D eigenvalue weighted by molar-refractivity contribution is -0.124. The first kappa shape index (κ1) is 19.1. The van der Waals surface area contributed by atoms with Crippen molar-refractivity contribution in [1.82, 2.24) is 5.32 Å². The van der Waals surface area contributed by atoms with E-state index in [0.717, 1.165) is 33.9 Å². The predicted octanol–water partition coefficient (Wildman–Crippen LogP) is 3.97. The summed E-state index contributed by atoms with van der Waals surface area (Å²) in [6, 6.07) is 11.7. The van der Waals surface area contributed by atoms with E-state index in [1.165, 1.54) is 0 Å². The molecule has 5 nitrogen and oxygen atoms in total. The summed E-state index contributed by atoms with van der Waals surface area (Å²) < 4.78 is 17.0. The quantitative estimate of drug-likeness (QED) is 0.837. The van der Waals surface area contributed by atoms with E-state index in [0.29, 0.717) is 13.2 Å². The smallest absolute Gasteiger partial charge is 0.258 e. The molecule has 1 aliphatic rings. The van der Waals surface area contributed by atoms with Crippen LogP contribution in [0.4, 0.5) is 0 Å². The molecule has 0 saturated carbocycles. The van der Waals surface area contributed by atoms with Crippen LogP contribution in [0.1, 0.15) is 36.6 Å². The molecule has 0 spiro atoms. The van der Waals surface area contributed by atoms with Gasteiger partial charge in [-0.15, -0.1) is 0 Å². The van der Waals surface area contributed by atoms with Gasteiger partial charge in [0.15, 0.2) is 18.1 Å². The number of fused-ring (bicyclic) bond motifs is 1. The van der Waals surface area contributed by atoms with E-state index in [2.05, 4.69) is 19.2 Å². The van der Waals surface area contributed by atoms with E-state index in [-0.39, 0.29) is 24.5 Å². The Morgan fingerprint density at radius 2 is 1.81 bits per heavy atom. The van der Waals surface area contributed by atoms with E-state index >= 15 is 0 Å². The van der Waals surface area contributed by atoms with Crippen molar-refractivity contribution in [1.29, 1.82) is 0 Å². The Morgan fingerprint density at radius 1 is 1.07 bits per heavy atom. The highest BCUT2D eigenvalue weighted by Gasteiger charge is 2.21. The second-order valence-electron chi connectivity index (χ2n) is 7.25. The van der Waals surface area contributed by atoms with Gasteiger partial charge in [-0.3, -0.25) is 4.79 Å². The van der Waals surface area contributed by atoms with Crippen molar-refractivity contribution in [2.45, 2.75) is 33.7 Å². The predicted molar refractivity (Wildman–Crippen MR) is 105 cm³/mol. The van der Waals surface area contributed by atoms with Crippen LogP contribution in [0.5, 0.6) is 17.2 Å². The van der Waals surface area contributed by atoms with Crippen LogP contribution in [0, 0.1) is 19.8 Å². The first-order chi connectivity index (χ1) is 12.9. The third-order valence-corrected chi connectivity index (χ3v) is 4.61. The van der Waals surface area contributed by atoms with Crippen LogP contribution in [0.15, 0.2) is 36.4 Å². The highest BCUT2D eigenvalue weighted by molar-refractivity contribution is 5.78. The number of ether oxygens (including phenoxy) is 3. The zero-order valence-electron chi connectivity index (χ0n) is 16.4. The Labute approximate surface area is 160 Å². The number of rotatable bonds is 6. The highest BCUT2D eigenvalue weighted by atomic mass is 16.6. The van der Waals surface area contributed by atoms with Gasteiger partial charge in [-0.2, -0.15) is 0 Å². The Hall–Kier alpha value is -2.69. The van der Waals surface area contributed by atoms with E-state index in [1.54, 1.807) is 0 Å². The third kappa shape index (κ3) is 4.73. The van der Waals surface area contributed by atoms with Crippen molar-refractivity contribution in [2.24, 2.45) is 5.92 Å². The van der Waals surface area contributed by atoms with Crippen LogP contribution in [0.2, 0.25) is 0 Å². The zero-order valence-corrected chi connectivity index (χ0v) is 16.4. The molecule has 0 aromatic heterocycles. The largest absolute Gasteiger partial charge is 0.486 e. The van der Waals surface area contributed by atoms with Crippen molar-refractivity contribution in [3.63, 3.8) is 0 Å². The first-order valence-electron chi connectivity index (χ1n) is 9.33. The molecule has 2 aromatic rings. The molecule has 2 aromatic carbocycles. The standard InChI is InChI=1S/C22H27NO4/c1-14(2)22(17-7-8-18-20(12-17)26-10-9-25-18)23-21(24)13-27-19-11-15(3)5-6-16(19)4/h5-8,11-12,14,22H,9-10,13H2,1-4H3,(H,23,24). The maximum atomic E-state index is 12.5. The Bertz CT molecular complexity index is 816. The van der Waals surface area contributed by atoms with Gasteiger partial charge >= 0.3 is 0 Å². The summed E-state index contributed by atoms with van der Waals surface area (Å²) in [7, 11) is 0. The molecule has 144 valence electrons. The van der Waals surface area contributed by atoms with E-state index in [9.17, 15) is 4.79 Å². The minimum Gasteiger partial charge on any atom is -0.486 e. The summed E-state index contributed by atoms with van der Waals surface area (Å²) >= 11 is 0. The van der Waals surface area contributed by atoms with Crippen LogP contribution in [-0.2, 0) is 4.79 Å². The molecule has 27 heavy (non-hydrogen) atoms. The minimum absolute atomic E-state index is 0.0158. The summed E-state index contributed by atoms with van der Waals surface area (Å²) in [5.74, 6) is 2.29. The lowest BCUT2D eigenvalue weighted by Crippen LogP contribution is -2.35. The summed E-state index contributed by atoms with van der Waals surface area (Å²) in [5, 5.41) is 3.08. The highest BCUT2D eigenvalue weighted by Crippen LogP contribution is 2.34. The number of hydrogen-bond donors (Lipinski definition) is 1. The summed E-state index contributed by atoms with van der Waals surface area (Å²) in [6.07, 6.45) is 0. The number of nitrogens with one attached hydrogen (secondary N) is 1. The van der Waals surface area contributed by atoms with Crippen LogP contribution < -0.4 is 19.5 Å². The fourth-order valence-corrected chi connectivity index (χ4v) is 3.11. The van der Waals surface area contributed by atoms with Gasteiger partial charge in [-0.25, -0.2) is 0 Å². The number of hydrogen-bond acceptors (Lipinski definition) is 4. The van der Waals surface area contributed by atoms with E-state index < -0.39 is 0 Å². The number of amides is 1. The fraction of sp³-hybridized carbons (Fsp3) is 0.409. The van der Waals surface area contributed by atoms with Gasteiger partial charge in [0, 0.05) is 0 Å². The lowest BCUT2D eigenvalue weighted by Gasteiger charge is -2.25. The number of aryl methyl sites for hydroxylation is 2. The molecule has 0 saturated heterocycles. The van der Waals surface area contributed by atoms with Gasteiger partial charge in [0.1, 0.15) is 19.0 Å². The van der Waals surface area contributed by atoms with Gasteiger partial charge in [-0.05, 0) is 54.7 Å². The lowest BCUT2D eigenvalue weighted by atomic mass is 9.95. The molecule has 3 rings (SSSR count). The maximum absolute atomic E-state index is 12.5. The molecule has 5 heteroatoms. The summed E-state index contributed by atoms with van der Waals surface area (Å²) in [5.41, 5.74) is 3.11. The molecule has 1 N–H and O–H groups in total. The molecule has 1 unspecified atom stereocenters. The van der Waals surface area contributed by atoms with Crippen LogP contribution in [0.25, 0.3) is 0 Å². The average Bonchev–Trinajstić information content (AvgIpc) is 2.66. The molecule has 1 amide bonds. The average molecular weight is 369 g/mol. The van der Waals surface area contributed by atoms with E-state index in [1.807, 2.05) is 50.2 Å². The van der Waals surface area contributed by atoms with Gasteiger partial charge in [0.05, 0.1) is 6.04 Å². The molecule has 1 aliphatic heterocycles. The van der Waals surface area contributed by atoms with Gasteiger partial charge < -0.3 is 19.5 Å². The second kappa shape index (κ2) is 8.33. The van der Waals surface area contributed by atoms with Crippen LogP contribution in [-0.4, -0.2) is 25.7 Å². The van der Waals surface area contributed by atoms with Gasteiger partial charge in [-0.1, -0.05) is 32.0 Å². The summed E-state index contributed by atoms with van der Waals surface area (Å²) in [6.45, 7) is 9.21. The number of carbonyl (C=O) groups is 1. The molecule has 1 atom stereocenters. The van der Waals surface area contributed by atoms with Crippen molar-refractivity contribution >= 4 is 5.91 Å². The monoisotopic (exact) mass is 369 g/mol. The zero-order chi connectivity index (χ0) is 19.4. The topological polar surface area (TPSA) is 56.8 Å². The molecule has 1 heterocycles. The van der Waals surface area contributed by atoms with E-state index in [4.69, 9.17) is 14.2 Å². The van der Waals surface area contributed by atoms with Crippen LogP contribution in [0.3, 0.4) is 0 Å². The second-order valence-corrected chi connectivity index (χ2v) is 7.25. The van der Waals surface area contributed by atoms with Gasteiger partial charge in [0.25, 0.3) is 5.91 Å². The molecular formula is C22H27NO4. The molecular weight excluding hydrogens is 342 g/mol. The number of benzene rings is 2. The SMILES string of the molecule is Cc1ccc(C)c(OCC(=O)NC(c2ccc3c(c2)OCCO3)C(C)C)c1. The van der Waals surface area contributed by atoms with Crippen molar-refractivity contribution < 1.29 is 19.0 Å². The van der Waals surface area contributed by atoms with Crippen molar-refractivity contribution in [3.05, 3.63) is 53.1 Å². The molecule has 0 bridgehead atoms. The van der Waals surface area contributed by atoms with Gasteiger partial charge in [0.2, 0.25) is 0 Å². The van der Waals surface area contributed by atoms with Crippen LogP contribution >= 0.6 is 0 Å².